The Hall–Kier alpha value is -4.72. The Morgan fingerprint density at radius 1 is 1.07 bits per heavy atom. The molecule has 0 atom stereocenters. The maximum atomic E-state index is 12.8. The molecule has 11 heteroatoms. The fourth-order valence-electron chi connectivity index (χ4n) is 4.24. The summed E-state index contributed by atoms with van der Waals surface area (Å²) < 4.78 is 5.55. The molecular weight excluding hydrogens is 520 g/mol. The van der Waals surface area contributed by atoms with Gasteiger partial charge in [0.25, 0.3) is 5.91 Å². The van der Waals surface area contributed by atoms with Crippen LogP contribution in [0.25, 0.3) is 0 Å². The number of benzene rings is 1. The Morgan fingerprint density at radius 3 is 2.56 bits per heavy atom. The summed E-state index contributed by atoms with van der Waals surface area (Å²) in [6, 6.07) is 13.5. The van der Waals surface area contributed by atoms with Crippen molar-refractivity contribution in [1.29, 1.82) is 5.26 Å². The molecule has 0 bridgehead atoms. The highest BCUT2D eigenvalue weighted by Crippen LogP contribution is 2.27. The van der Waals surface area contributed by atoms with E-state index in [4.69, 9.17) is 4.74 Å². The van der Waals surface area contributed by atoms with Crippen LogP contribution in [0.3, 0.4) is 0 Å². The van der Waals surface area contributed by atoms with Gasteiger partial charge in [-0.2, -0.15) is 10.2 Å². The van der Waals surface area contributed by atoms with Gasteiger partial charge in [0.2, 0.25) is 5.95 Å². The molecule has 0 fully saturated rings. The zero-order chi connectivity index (χ0) is 29.8. The molecule has 214 valence electrons. The molecule has 0 saturated carbocycles. The van der Waals surface area contributed by atoms with Crippen molar-refractivity contribution in [2.45, 2.75) is 65.5 Å². The van der Waals surface area contributed by atoms with Gasteiger partial charge in [0.1, 0.15) is 22.8 Å². The van der Waals surface area contributed by atoms with E-state index in [1.54, 1.807) is 36.9 Å². The molecule has 3 aromatic rings. The maximum absolute atomic E-state index is 12.8. The van der Waals surface area contributed by atoms with Crippen LogP contribution in [0, 0.1) is 11.3 Å². The number of pyridine rings is 1. The van der Waals surface area contributed by atoms with Gasteiger partial charge < -0.3 is 25.6 Å². The van der Waals surface area contributed by atoms with Gasteiger partial charge in [-0.15, -0.1) is 0 Å². The summed E-state index contributed by atoms with van der Waals surface area (Å²) in [6.07, 6.45) is 1.85. The van der Waals surface area contributed by atoms with Gasteiger partial charge in [0, 0.05) is 31.5 Å². The van der Waals surface area contributed by atoms with E-state index in [9.17, 15) is 14.9 Å². The van der Waals surface area contributed by atoms with Crippen molar-refractivity contribution >= 4 is 35.3 Å². The van der Waals surface area contributed by atoms with Gasteiger partial charge in [0.15, 0.2) is 0 Å². The van der Waals surface area contributed by atoms with Crippen molar-refractivity contribution in [3.8, 4) is 6.07 Å². The molecule has 2 amide bonds. The summed E-state index contributed by atoms with van der Waals surface area (Å²) in [4.78, 5) is 40.6. The van der Waals surface area contributed by atoms with Gasteiger partial charge in [-0.05, 0) is 83.4 Å². The summed E-state index contributed by atoms with van der Waals surface area (Å²) in [6.45, 7) is 12.4. The number of carbonyl (C=O) groups excluding carboxylic acids is 2. The van der Waals surface area contributed by atoms with Crippen molar-refractivity contribution in [2.75, 3.05) is 23.7 Å². The Bertz CT molecular complexity index is 1490. The van der Waals surface area contributed by atoms with Crippen molar-refractivity contribution in [1.82, 2.24) is 25.2 Å². The molecule has 0 saturated heterocycles. The third-order valence-electron chi connectivity index (χ3n) is 6.41. The first-order valence-electron chi connectivity index (χ1n) is 13.6. The van der Waals surface area contributed by atoms with E-state index in [0.29, 0.717) is 31.1 Å². The van der Waals surface area contributed by atoms with E-state index in [1.165, 1.54) is 6.20 Å². The lowest BCUT2D eigenvalue weighted by Crippen LogP contribution is -2.39. The first-order chi connectivity index (χ1) is 19.4. The van der Waals surface area contributed by atoms with Crippen LogP contribution >= 0.6 is 0 Å². The number of aromatic nitrogens is 3. The van der Waals surface area contributed by atoms with E-state index in [1.807, 2.05) is 45.9 Å². The van der Waals surface area contributed by atoms with Crippen LogP contribution in [0.5, 0.6) is 0 Å². The zero-order valence-corrected chi connectivity index (χ0v) is 24.3. The molecule has 4 rings (SSSR count). The molecule has 0 spiro atoms. The van der Waals surface area contributed by atoms with Gasteiger partial charge >= 0.3 is 6.09 Å². The van der Waals surface area contributed by atoms with Gasteiger partial charge in [0.05, 0.1) is 17.2 Å². The SMILES string of the molecule is CCNC(=O)c1cnc(Nc2ccc3c(c2)CN(C(=O)OC(C)(C)C)CC3)nc1Nc1cccc(C(C)(C)C#N)n1. The fourth-order valence-corrected chi connectivity index (χ4v) is 4.24. The molecule has 0 radical (unpaired) electrons. The fraction of sp³-hybridized carbons (Fsp3) is 0.400. The third kappa shape index (κ3) is 7.28. The molecule has 3 heterocycles. The summed E-state index contributed by atoms with van der Waals surface area (Å²) in [7, 11) is 0. The van der Waals surface area contributed by atoms with E-state index in [-0.39, 0.29) is 29.3 Å². The van der Waals surface area contributed by atoms with Gasteiger partial charge in [-0.1, -0.05) is 12.1 Å². The highest BCUT2D eigenvalue weighted by molar-refractivity contribution is 5.99. The number of nitrogens with zero attached hydrogens (tertiary/aromatic N) is 5. The van der Waals surface area contributed by atoms with E-state index in [2.05, 4.69) is 37.0 Å². The number of hydrogen-bond acceptors (Lipinski definition) is 9. The quantitative estimate of drug-likeness (QED) is 0.357. The average Bonchev–Trinajstić information content (AvgIpc) is 2.92. The van der Waals surface area contributed by atoms with Crippen molar-refractivity contribution in [3.05, 3.63) is 65.0 Å². The zero-order valence-electron chi connectivity index (χ0n) is 24.3. The molecular formula is C30H36N8O3. The summed E-state index contributed by atoms with van der Waals surface area (Å²) >= 11 is 0. The standard InChI is InChI=1S/C30H36N8O3/c1-7-32-26(39)22-16-33-27(37-25(22)36-24-10-8-9-23(35-24)30(5,6)18-31)34-21-12-11-19-13-14-38(17-20(19)15-21)28(40)41-29(2,3)4/h8-12,15-16H,7,13-14,17H2,1-6H3,(H,32,39)(H2,33,34,35,36,37). The molecule has 11 nitrogen and oxygen atoms in total. The lowest BCUT2D eigenvalue weighted by atomic mass is 9.91. The van der Waals surface area contributed by atoms with Crippen LogP contribution in [-0.2, 0) is 23.1 Å². The van der Waals surface area contributed by atoms with Crippen molar-refractivity contribution < 1.29 is 14.3 Å². The highest BCUT2D eigenvalue weighted by atomic mass is 16.6. The number of carbonyl (C=O) groups is 2. The van der Waals surface area contributed by atoms with Crippen LogP contribution in [0.2, 0.25) is 0 Å². The normalized spacial score (nSPS) is 13.0. The number of rotatable bonds is 7. The Morgan fingerprint density at radius 2 is 1.85 bits per heavy atom. The monoisotopic (exact) mass is 556 g/mol. The molecule has 1 aliphatic rings. The first kappa shape index (κ1) is 29.3. The minimum Gasteiger partial charge on any atom is -0.444 e. The highest BCUT2D eigenvalue weighted by Gasteiger charge is 2.26. The van der Waals surface area contributed by atoms with Crippen molar-refractivity contribution in [2.24, 2.45) is 0 Å². The summed E-state index contributed by atoms with van der Waals surface area (Å²) in [5.74, 6) is 0.652. The van der Waals surface area contributed by atoms with E-state index >= 15 is 0 Å². The maximum Gasteiger partial charge on any atom is 0.410 e. The molecule has 41 heavy (non-hydrogen) atoms. The van der Waals surface area contributed by atoms with Gasteiger partial charge in [-0.25, -0.2) is 14.8 Å². The van der Waals surface area contributed by atoms with Crippen LogP contribution < -0.4 is 16.0 Å². The van der Waals surface area contributed by atoms with Crippen LogP contribution in [0.15, 0.2) is 42.6 Å². The second kappa shape index (κ2) is 11.8. The lowest BCUT2D eigenvalue weighted by Gasteiger charge is -2.31. The smallest absolute Gasteiger partial charge is 0.410 e. The second-order valence-electron chi connectivity index (χ2n) is 11.3. The third-order valence-corrected chi connectivity index (χ3v) is 6.41. The molecule has 1 aromatic carbocycles. The number of anilines is 4. The number of ether oxygens (including phenoxy) is 1. The van der Waals surface area contributed by atoms with E-state index < -0.39 is 11.0 Å². The topological polar surface area (TPSA) is 145 Å². The number of hydrogen-bond donors (Lipinski definition) is 3. The summed E-state index contributed by atoms with van der Waals surface area (Å²) in [5.41, 5.74) is 2.40. The lowest BCUT2D eigenvalue weighted by molar-refractivity contribution is 0.0224. The van der Waals surface area contributed by atoms with Crippen LogP contribution in [0.4, 0.5) is 28.1 Å². The first-order valence-corrected chi connectivity index (χ1v) is 13.6. The van der Waals surface area contributed by atoms with Crippen molar-refractivity contribution in [3.63, 3.8) is 0 Å². The Kier molecular flexibility index (Phi) is 8.42. The number of nitriles is 1. The molecule has 1 aliphatic heterocycles. The van der Waals surface area contributed by atoms with Gasteiger partial charge in [-0.3, -0.25) is 4.79 Å². The average molecular weight is 557 g/mol. The molecule has 0 unspecified atom stereocenters. The Balaban J connectivity index is 1.59. The predicted octanol–water partition coefficient (Wildman–Crippen LogP) is 5.20. The molecule has 0 aliphatic carbocycles. The van der Waals surface area contributed by atoms with Crippen LogP contribution in [-0.4, -0.2) is 50.5 Å². The predicted molar refractivity (Wildman–Crippen MR) is 156 cm³/mol. The second-order valence-corrected chi connectivity index (χ2v) is 11.3. The number of nitrogens with one attached hydrogen (secondary N) is 3. The minimum atomic E-state index is -0.788. The minimum absolute atomic E-state index is 0.252. The number of fused-ring (bicyclic) bond motifs is 1. The molecule has 3 N–H and O–H groups in total. The number of amides is 2. The van der Waals surface area contributed by atoms with Crippen LogP contribution in [0.1, 0.15) is 68.7 Å². The largest absolute Gasteiger partial charge is 0.444 e. The van der Waals surface area contributed by atoms with E-state index in [0.717, 1.165) is 23.2 Å². The molecule has 2 aromatic heterocycles. The summed E-state index contributed by atoms with van der Waals surface area (Å²) in [5, 5.41) is 18.6. The Labute approximate surface area is 240 Å².